The standard InChI is InChI=1S/C20H30B2O4S2/c1-17(2,23)18(3,4)24-21-15-11-9-13(27-15)14-10-12-16(28-14)22-25-19(5,6)20(7,8)26-22/h9-12,21,23H,1-8H3. The van der Waals surface area contributed by atoms with Crippen LogP contribution in [0.15, 0.2) is 24.3 Å². The molecule has 0 spiro atoms. The van der Waals surface area contributed by atoms with Gasteiger partial charge in [-0.15, -0.1) is 22.7 Å². The molecule has 1 aliphatic heterocycles. The molecule has 0 aromatic carbocycles. The molecule has 0 saturated carbocycles. The summed E-state index contributed by atoms with van der Waals surface area (Å²) in [5.74, 6) is 0. The zero-order valence-corrected chi connectivity index (χ0v) is 19.7. The van der Waals surface area contributed by atoms with Crippen molar-refractivity contribution in [3.63, 3.8) is 0 Å². The molecule has 1 aliphatic rings. The van der Waals surface area contributed by atoms with Gasteiger partial charge >= 0.3 is 14.6 Å². The highest BCUT2D eigenvalue weighted by Crippen LogP contribution is 2.38. The van der Waals surface area contributed by atoms with Crippen molar-refractivity contribution in [2.24, 2.45) is 0 Å². The van der Waals surface area contributed by atoms with Crippen LogP contribution in [0.3, 0.4) is 0 Å². The highest BCUT2D eigenvalue weighted by Gasteiger charge is 2.52. The Hall–Kier alpha value is -0.630. The van der Waals surface area contributed by atoms with Gasteiger partial charge in [-0.1, -0.05) is 12.1 Å². The SMILES string of the molecule is CC(C)(O)C(C)(C)OBc1ccc(-c2ccc(B3OC(C)(C)C(C)(C)O3)s2)s1. The van der Waals surface area contributed by atoms with Crippen LogP contribution in [0.25, 0.3) is 9.75 Å². The van der Waals surface area contributed by atoms with E-state index in [9.17, 15) is 5.11 Å². The molecular formula is C20H30B2O4S2. The highest BCUT2D eigenvalue weighted by atomic mass is 32.1. The molecule has 0 bridgehead atoms. The molecule has 1 fully saturated rings. The van der Waals surface area contributed by atoms with E-state index >= 15 is 0 Å². The van der Waals surface area contributed by atoms with E-state index in [1.807, 2.05) is 13.8 Å². The fraction of sp³-hybridized carbons (Fsp3) is 0.600. The molecular weight excluding hydrogens is 390 g/mol. The van der Waals surface area contributed by atoms with Crippen LogP contribution in [-0.2, 0) is 14.0 Å². The molecule has 3 rings (SSSR count). The van der Waals surface area contributed by atoms with Crippen LogP contribution >= 0.6 is 22.7 Å². The van der Waals surface area contributed by atoms with Crippen molar-refractivity contribution in [3.05, 3.63) is 24.3 Å². The second-order valence-corrected chi connectivity index (χ2v) is 11.7. The second-order valence-electron chi connectivity index (χ2n) is 9.41. The van der Waals surface area contributed by atoms with Gasteiger partial charge in [-0.2, -0.15) is 0 Å². The summed E-state index contributed by atoms with van der Waals surface area (Å²) in [6.07, 6.45) is 0. The maximum Gasteiger partial charge on any atom is 0.505 e. The molecule has 1 saturated heterocycles. The fourth-order valence-electron chi connectivity index (χ4n) is 2.59. The smallest absolute Gasteiger partial charge is 0.426 e. The van der Waals surface area contributed by atoms with Gasteiger partial charge in [-0.05, 0) is 67.5 Å². The van der Waals surface area contributed by atoms with E-state index in [0.29, 0.717) is 7.48 Å². The number of thiophene rings is 2. The Morgan fingerprint density at radius 2 is 1.46 bits per heavy atom. The summed E-state index contributed by atoms with van der Waals surface area (Å²) in [4.78, 5) is 2.40. The molecule has 0 unspecified atom stereocenters. The Kier molecular flexibility index (Phi) is 5.72. The monoisotopic (exact) mass is 420 g/mol. The minimum Gasteiger partial charge on any atom is -0.426 e. The van der Waals surface area contributed by atoms with Crippen molar-refractivity contribution < 1.29 is 19.1 Å². The number of hydrogen-bond acceptors (Lipinski definition) is 6. The van der Waals surface area contributed by atoms with E-state index in [1.54, 1.807) is 36.5 Å². The molecule has 0 radical (unpaired) electrons. The lowest BCUT2D eigenvalue weighted by Crippen LogP contribution is -2.49. The Balaban J connectivity index is 1.69. The molecule has 2 aromatic rings. The molecule has 1 N–H and O–H groups in total. The van der Waals surface area contributed by atoms with Gasteiger partial charge in [0.2, 0.25) is 0 Å². The van der Waals surface area contributed by atoms with E-state index in [1.165, 1.54) is 9.75 Å². The van der Waals surface area contributed by atoms with Crippen molar-refractivity contribution in [1.29, 1.82) is 0 Å². The molecule has 4 nitrogen and oxygen atoms in total. The summed E-state index contributed by atoms with van der Waals surface area (Å²) in [5, 5.41) is 10.2. The van der Waals surface area contributed by atoms with Crippen molar-refractivity contribution in [1.82, 2.24) is 0 Å². The zero-order chi connectivity index (χ0) is 21.0. The van der Waals surface area contributed by atoms with Gasteiger partial charge in [0.25, 0.3) is 0 Å². The van der Waals surface area contributed by atoms with Gasteiger partial charge in [-0.25, -0.2) is 0 Å². The van der Waals surface area contributed by atoms with Gasteiger partial charge < -0.3 is 19.1 Å². The van der Waals surface area contributed by atoms with E-state index in [4.69, 9.17) is 14.0 Å². The van der Waals surface area contributed by atoms with Crippen LogP contribution in [0.1, 0.15) is 55.4 Å². The number of hydrogen-bond donors (Lipinski definition) is 1. The predicted octanol–water partition coefficient (Wildman–Crippen LogP) is 3.32. The summed E-state index contributed by atoms with van der Waals surface area (Å²) in [7, 11) is 0.163. The normalized spacial score (nSPS) is 19.2. The molecule has 8 heteroatoms. The Bertz CT molecular complexity index is 817. The van der Waals surface area contributed by atoms with Gasteiger partial charge in [-0.3, -0.25) is 0 Å². The average molecular weight is 420 g/mol. The largest absolute Gasteiger partial charge is 0.505 e. The topological polar surface area (TPSA) is 47.9 Å². The molecule has 0 amide bonds. The molecule has 152 valence electrons. The molecule has 3 heterocycles. The van der Waals surface area contributed by atoms with Crippen molar-refractivity contribution in [2.75, 3.05) is 0 Å². The van der Waals surface area contributed by atoms with Crippen LogP contribution < -0.4 is 9.55 Å². The average Bonchev–Trinajstić information content (AvgIpc) is 3.23. The number of aliphatic hydroxyl groups is 1. The minimum atomic E-state index is -0.904. The Labute approximate surface area is 177 Å². The van der Waals surface area contributed by atoms with Crippen molar-refractivity contribution in [2.45, 2.75) is 77.8 Å². The van der Waals surface area contributed by atoms with Gasteiger partial charge in [0, 0.05) is 19.3 Å². The Morgan fingerprint density at radius 1 is 0.929 bits per heavy atom. The summed E-state index contributed by atoms with van der Waals surface area (Å²) < 4.78 is 20.5. The first-order valence-corrected chi connectivity index (χ1v) is 11.3. The van der Waals surface area contributed by atoms with E-state index in [2.05, 4.69) is 52.0 Å². The van der Waals surface area contributed by atoms with Crippen LogP contribution in [0.2, 0.25) is 0 Å². The molecule has 2 aromatic heterocycles. The maximum atomic E-state index is 10.2. The second kappa shape index (κ2) is 7.25. The Morgan fingerprint density at radius 3 is 2.04 bits per heavy atom. The lowest BCUT2D eigenvalue weighted by molar-refractivity contribution is -0.0892. The first-order valence-electron chi connectivity index (χ1n) is 9.63. The minimum absolute atomic E-state index is 0.320. The van der Waals surface area contributed by atoms with Gasteiger partial charge in [0.05, 0.1) is 22.4 Å². The van der Waals surface area contributed by atoms with Crippen LogP contribution in [0, 0.1) is 0 Å². The van der Waals surface area contributed by atoms with E-state index < -0.39 is 11.2 Å². The third kappa shape index (κ3) is 4.27. The van der Waals surface area contributed by atoms with Crippen molar-refractivity contribution in [3.8, 4) is 9.75 Å². The zero-order valence-electron chi connectivity index (χ0n) is 18.1. The van der Waals surface area contributed by atoms with E-state index in [-0.39, 0.29) is 18.3 Å². The first-order chi connectivity index (χ1) is 12.7. The van der Waals surface area contributed by atoms with Crippen LogP contribution in [-0.4, -0.2) is 42.1 Å². The fourth-order valence-corrected chi connectivity index (χ4v) is 4.57. The number of rotatable bonds is 6. The first kappa shape index (κ1) is 22.1. The highest BCUT2D eigenvalue weighted by molar-refractivity contribution is 7.30. The van der Waals surface area contributed by atoms with Crippen LogP contribution in [0.5, 0.6) is 0 Å². The summed E-state index contributed by atoms with van der Waals surface area (Å²) >= 11 is 3.42. The summed E-state index contributed by atoms with van der Waals surface area (Å²) in [6.45, 7) is 15.7. The lowest BCUT2D eigenvalue weighted by Gasteiger charge is -2.37. The van der Waals surface area contributed by atoms with Gasteiger partial charge in [0.15, 0.2) is 0 Å². The maximum absolute atomic E-state index is 10.2. The van der Waals surface area contributed by atoms with Gasteiger partial charge in [0.1, 0.15) is 0 Å². The molecule has 28 heavy (non-hydrogen) atoms. The third-order valence-corrected chi connectivity index (χ3v) is 8.43. The lowest BCUT2D eigenvalue weighted by atomic mass is 9.86. The van der Waals surface area contributed by atoms with Crippen LogP contribution in [0.4, 0.5) is 0 Å². The summed E-state index contributed by atoms with van der Waals surface area (Å²) in [6, 6.07) is 8.44. The third-order valence-electron chi connectivity index (χ3n) is 6.07. The quantitative estimate of drug-likeness (QED) is 0.729. The molecule has 0 aliphatic carbocycles. The predicted molar refractivity (Wildman–Crippen MR) is 122 cm³/mol. The van der Waals surface area contributed by atoms with Crippen molar-refractivity contribution >= 4 is 46.8 Å². The molecule has 0 atom stereocenters. The summed E-state index contributed by atoms with van der Waals surface area (Å²) in [5.41, 5.74) is -2.19. The van der Waals surface area contributed by atoms with E-state index in [0.717, 1.165) is 9.55 Å².